The number of halogens is 2. The standard InChI is InChI=1S/C16H22ClNO2.ClH/c1-3-19-14-7-11-5-6-18-10-12(9-17)16(18)13(11)8-15(14)20-4-2;/h7-8,12,16H,3-6,9-10H2,1-2H3;1H. The van der Waals surface area contributed by atoms with Crippen LogP contribution in [0.4, 0.5) is 0 Å². The minimum Gasteiger partial charge on any atom is -0.490 e. The van der Waals surface area contributed by atoms with Gasteiger partial charge in [0.05, 0.1) is 13.2 Å². The lowest BCUT2D eigenvalue weighted by molar-refractivity contribution is 0.0178. The largest absolute Gasteiger partial charge is 0.490 e. The van der Waals surface area contributed by atoms with E-state index < -0.39 is 0 Å². The number of benzene rings is 1. The van der Waals surface area contributed by atoms with Gasteiger partial charge in [0.1, 0.15) is 0 Å². The van der Waals surface area contributed by atoms with E-state index in [1.165, 1.54) is 11.1 Å². The van der Waals surface area contributed by atoms with Crippen molar-refractivity contribution in [2.45, 2.75) is 26.3 Å². The first-order valence-corrected chi connectivity index (χ1v) is 8.04. The lowest BCUT2D eigenvalue weighted by Gasteiger charge is -2.51. The van der Waals surface area contributed by atoms with Crippen molar-refractivity contribution < 1.29 is 9.47 Å². The Bertz CT molecular complexity index is 495. The molecule has 0 bridgehead atoms. The molecule has 0 saturated carbocycles. The van der Waals surface area contributed by atoms with Crippen molar-refractivity contribution in [3.05, 3.63) is 23.3 Å². The Morgan fingerprint density at radius 1 is 1.19 bits per heavy atom. The Labute approximate surface area is 138 Å². The molecule has 1 aromatic carbocycles. The van der Waals surface area contributed by atoms with E-state index in [1.807, 2.05) is 13.8 Å². The van der Waals surface area contributed by atoms with Crippen LogP contribution in [0.3, 0.4) is 0 Å². The molecule has 118 valence electrons. The molecule has 2 unspecified atom stereocenters. The van der Waals surface area contributed by atoms with Gasteiger partial charge in [-0.15, -0.1) is 24.0 Å². The van der Waals surface area contributed by atoms with Crippen LogP contribution in [0.2, 0.25) is 0 Å². The summed E-state index contributed by atoms with van der Waals surface area (Å²) in [6.07, 6.45) is 1.09. The van der Waals surface area contributed by atoms with Crippen molar-refractivity contribution >= 4 is 24.0 Å². The van der Waals surface area contributed by atoms with Gasteiger partial charge in [0.15, 0.2) is 11.5 Å². The zero-order chi connectivity index (χ0) is 14.1. The third-order valence-corrected chi connectivity index (χ3v) is 4.70. The van der Waals surface area contributed by atoms with E-state index in [2.05, 4.69) is 17.0 Å². The van der Waals surface area contributed by atoms with Crippen molar-refractivity contribution in [3.8, 4) is 11.5 Å². The maximum atomic E-state index is 6.09. The van der Waals surface area contributed by atoms with Crippen LogP contribution in [0.15, 0.2) is 12.1 Å². The van der Waals surface area contributed by atoms with Crippen LogP contribution in [-0.4, -0.2) is 37.1 Å². The van der Waals surface area contributed by atoms with Gasteiger partial charge in [0, 0.05) is 30.9 Å². The fourth-order valence-electron chi connectivity index (χ4n) is 3.40. The molecule has 1 saturated heterocycles. The zero-order valence-corrected chi connectivity index (χ0v) is 14.2. The summed E-state index contributed by atoms with van der Waals surface area (Å²) in [5.74, 6) is 3.05. The number of hydrogen-bond acceptors (Lipinski definition) is 3. The fourth-order valence-corrected chi connectivity index (χ4v) is 3.67. The molecule has 2 aliphatic heterocycles. The first-order chi connectivity index (χ1) is 9.78. The third kappa shape index (κ3) is 2.96. The molecular formula is C16H23Cl2NO2. The van der Waals surface area contributed by atoms with E-state index in [0.29, 0.717) is 25.2 Å². The molecule has 5 heteroatoms. The van der Waals surface area contributed by atoms with Crippen molar-refractivity contribution in [1.29, 1.82) is 0 Å². The number of fused-ring (bicyclic) bond motifs is 3. The van der Waals surface area contributed by atoms with E-state index in [0.717, 1.165) is 36.9 Å². The van der Waals surface area contributed by atoms with Crippen molar-refractivity contribution in [2.24, 2.45) is 5.92 Å². The van der Waals surface area contributed by atoms with E-state index in [-0.39, 0.29) is 12.4 Å². The summed E-state index contributed by atoms with van der Waals surface area (Å²) in [7, 11) is 0. The SMILES string of the molecule is CCOc1cc2c(cc1OCC)C1C(CCl)CN1CC2.Cl. The van der Waals surface area contributed by atoms with E-state index in [9.17, 15) is 0 Å². The second-order valence-corrected chi connectivity index (χ2v) is 5.78. The Kier molecular flexibility index (Phi) is 5.64. The molecule has 3 nitrogen and oxygen atoms in total. The first kappa shape index (κ1) is 16.7. The summed E-state index contributed by atoms with van der Waals surface area (Å²) in [4.78, 5) is 2.52. The number of hydrogen-bond donors (Lipinski definition) is 0. The molecule has 0 aromatic heterocycles. The highest BCUT2D eigenvalue weighted by Gasteiger charge is 2.42. The summed E-state index contributed by atoms with van der Waals surface area (Å²) in [5.41, 5.74) is 2.79. The quantitative estimate of drug-likeness (QED) is 0.768. The second kappa shape index (κ2) is 7.08. The maximum Gasteiger partial charge on any atom is 0.161 e. The van der Waals surface area contributed by atoms with Crippen LogP contribution in [-0.2, 0) is 6.42 Å². The molecule has 0 aliphatic carbocycles. The van der Waals surface area contributed by atoms with E-state index >= 15 is 0 Å². The monoisotopic (exact) mass is 331 g/mol. The number of alkyl halides is 1. The van der Waals surface area contributed by atoms with Gasteiger partial charge in [0.25, 0.3) is 0 Å². The minimum atomic E-state index is 0. The van der Waals surface area contributed by atoms with E-state index in [4.69, 9.17) is 21.1 Å². The van der Waals surface area contributed by atoms with Crippen molar-refractivity contribution in [3.63, 3.8) is 0 Å². The summed E-state index contributed by atoms with van der Waals surface area (Å²) in [6, 6.07) is 4.83. The van der Waals surface area contributed by atoms with Gasteiger partial charge in [0.2, 0.25) is 0 Å². The lowest BCUT2D eigenvalue weighted by Crippen LogP contribution is -2.53. The Morgan fingerprint density at radius 2 is 1.86 bits per heavy atom. The molecule has 2 atom stereocenters. The average Bonchev–Trinajstić information content (AvgIpc) is 2.41. The number of rotatable bonds is 5. The molecule has 0 radical (unpaired) electrons. The van der Waals surface area contributed by atoms with Gasteiger partial charge in [-0.05, 0) is 43.5 Å². The summed E-state index contributed by atoms with van der Waals surface area (Å²) in [6.45, 7) is 7.60. The Balaban J connectivity index is 0.00000161. The molecule has 0 amide bonds. The number of ether oxygens (including phenoxy) is 2. The highest BCUT2D eigenvalue weighted by Crippen LogP contribution is 2.46. The lowest BCUT2D eigenvalue weighted by atomic mass is 9.78. The third-order valence-electron chi connectivity index (χ3n) is 4.30. The minimum absolute atomic E-state index is 0. The summed E-state index contributed by atoms with van der Waals surface area (Å²) >= 11 is 6.09. The van der Waals surface area contributed by atoms with Crippen LogP contribution >= 0.6 is 24.0 Å². The molecule has 0 N–H and O–H groups in total. The van der Waals surface area contributed by atoms with Crippen LogP contribution in [0.1, 0.15) is 31.0 Å². The van der Waals surface area contributed by atoms with Crippen LogP contribution < -0.4 is 9.47 Å². The average molecular weight is 332 g/mol. The molecule has 1 aromatic rings. The highest BCUT2D eigenvalue weighted by molar-refractivity contribution is 6.18. The van der Waals surface area contributed by atoms with Crippen LogP contribution in [0, 0.1) is 5.92 Å². The van der Waals surface area contributed by atoms with E-state index in [1.54, 1.807) is 0 Å². The predicted molar refractivity (Wildman–Crippen MR) is 88.3 cm³/mol. The Morgan fingerprint density at radius 3 is 2.48 bits per heavy atom. The van der Waals surface area contributed by atoms with Gasteiger partial charge in [-0.1, -0.05) is 0 Å². The van der Waals surface area contributed by atoms with Crippen molar-refractivity contribution in [1.82, 2.24) is 4.90 Å². The molecule has 2 heterocycles. The predicted octanol–water partition coefficient (Wildman–Crippen LogP) is 3.67. The summed E-state index contributed by atoms with van der Waals surface area (Å²) < 4.78 is 11.5. The Hall–Kier alpha value is -0.640. The molecule has 1 fully saturated rings. The smallest absolute Gasteiger partial charge is 0.161 e. The molecule has 0 spiro atoms. The second-order valence-electron chi connectivity index (χ2n) is 5.47. The van der Waals surface area contributed by atoms with Gasteiger partial charge < -0.3 is 9.47 Å². The maximum absolute atomic E-state index is 6.09. The summed E-state index contributed by atoms with van der Waals surface area (Å²) in [5, 5.41) is 0. The van der Waals surface area contributed by atoms with Gasteiger partial charge >= 0.3 is 0 Å². The van der Waals surface area contributed by atoms with Gasteiger partial charge in [-0.25, -0.2) is 0 Å². The van der Waals surface area contributed by atoms with Crippen LogP contribution in [0.25, 0.3) is 0 Å². The first-order valence-electron chi connectivity index (χ1n) is 7.50. The molecular weight excluding hydrogens is 309 g/mol. The molecule has 3 rings (SSSR count). The molecule has 2 aliphatic rings. The van der Waals surface area contributed by atoms with Crippen molar-refractivity contribution in [2.75, 3.05) is 32.2 Å². The normalized spacial score (nSPS) is 23.4. The zero-order valence-electron chi connectivity index (χ0n) is 12.6. The number of nitrogens with zero attached hydrogens (tertiary/aromatic N) is 1. The molecule has 21 heavy (non-hydrogen) atoms. The van der Waals surface area contributed by atoms with Crippen LogP contribution in [0.5, 0.6) is 11.5 Å². The highest BCUT2D eigenvalue weighted by atomic mass is 35.5. The van der Waals surface area contributed by atoms with Gasteiger partial charge in [-0.2, -0.15) is 0 Å². The topological polar surface area (TPSA) is 21.7 Å². The van der Waals surface area contributed by atoms with Gasteiger partial charge in [-0.3, -0.25) is 4.90 Å². The fraction of sp³-hybridized carbons (Fsp3) is 0.625.